The van der Waals surface area contributed by atoms with Gasteiger partial charge in [-0.1, -0.05) is 33.1 Å². The van der Waals surface area contributed by atoms with Crippen molar-refractivity contribution in [3.8, 4) is 0 Å². The lowest BCUT2D eigenvalue weighted by molar-refractivity contribution is -0.139. The van der Waals surface area contributed by atoms with Gasteiger partial charge in [0.2, 0.25) is 0 Å². The molecule has 0 aromatic heterocycles. The molecule has 2 N–H and O–H groups in total. The number of aliphatic hydroxyl groups is 1. The molecule has 164 valence electrons. The molecule has 0 amide bonds. The molecule has 0 aromatic carbocycles. The molecule has 0 aliphatic carbocycles. The lowest BCUT2D eigenvalue weighted by atomic mass is 10.3. The number of carbonyl (C=O) groups is 4. The number of esters is 3. The molecule has 0 bridgehead atoms. The first-order valence-corrected chi connectivity index (χ1v) is 8.66. The summed E-state index contributed by atoms with van der Waals surface area (Å²) in [4.78, 5) is 41.3. The van der Waals surface area contributed by atoms with Crippen LogP contribution in [0.5, 0.6) is 0 Å². The van der Waals surface area contributed by atoms with Crippen molar-refractivity contribution < 1.29 is 43.6 Å². The van der Waals surface area contributed by atoms with E-state index in [1.54, 1.807) is 6.92 Å². The molecule has 0 saturated carbocycles. The van der Waals surface area contributed by atoms with Crippen molar-refractivity contribution >= 4 is 23.9 Å². The van der Waals surface area contributed by atoms with E-state index in [1.165, 1.54) is 6.08 Å². The zero-order valence-corrected chi connectivity index (χ0v) is 16.9. The Morgan fingerprint density at radius 2 is 1.41 bits per heavy atom. The van der Waals surface area contributed by atoms with Gasteiger partial charge in [-0.15, -0.1) is 0 Å². The van der Waals surface area contributed by atoms with Gasteiger partial charge in [-0.05, 0) is 19.4 Å². The molecular weight excluding hydrogens is 384 g/mol. The summed E-state index contributed by atoms with van der Waals surface area (Å²) < 4.78 is 13.6. The third kappa shape index (κ3) is 27.1. The Kier molecular flexibility index (Phi) is 24.0. The molecule has 9 nitrogen and oxygen atoms in total. The molecule has 0 atom stereocenters. The summed E-state index contributed by atoms with van der Waals surface area (Å²) in [5.74, 6) is -2.56. The number of aliphatic carboxylic acids is 1. The van der Waals surface area contributed by atoms with E-state index in [0.717, 1.165) is 31.1 Å². The van der Waals surface area contributed by atoms with Gasteiger partial charge < -0.3 is 24.4 Å². The summed E-state index contributed by atoms with van der Waals surface area (Å²) in [6, 6.07) is 0. The number of carboxylic acid groups (broad SMARTS) is 1. The normalized spacial score (nSPS) is 8.93. The minimum atomic E-state index is -1.12. The topological polar surface area (TPSA) is 136 Å². The number of hydrogen-bond donors (Lipinski definition) is 2. The van der Waals surface area contributed by atoms with Crippen LogP contribution in [-0.2, 0) is 33.4 Å². The zero-order valence-electron chi connectivity index (χ0n) is 16.9. The molecular formula is C20H30O9. The second-order valence-electron chi connectivity index (χ2n) is 4.74. The second-order valence-corrected chi connectivity index (χ2v) is 4.74. The molecule has 0 saturated heterocycles. The van der Waals surface area contributed by atoms with Crippen LogP contribution in [-0.4, -0.2) is 60.5 Å². The van der Waals surface area contributed by atoms with Crippen molar-refractivity contribution in [2.45, 2.75) is 26.7 Å². The fraction of sp³-hybridized carbons (Fsp3) is 0.400. The van der Waals surface area contributed by atoms with Gasteiger partial charge in [0.1, 0.15) is 6.61 Å². The highest BCUT2D eigenvalue weighted by molar-refractivity contribution is 5.93. The Balaban J connectivity index is -0.000000359. The standard InChI is InChI=1S/C8H10O4.C7H12O2.C5H8O3/c1-3-12-8(11)6(2)4-5-7(9)10;1-3-5-6-9-7(8)4-2;1-2-5(7)8-4-3-6/h4-5H,2-3H2,1H3,(H,9,10);4H,2-3,5-6H2,1H3;2,6H,1,3-4H2. The lowest BCUT2D eigenvalue weighted by Gasteiger charge is -1.98. The van der Waals surface area contributed by atoms with Crippen LogP contribution in [0.25, 0.3) is 0 Å². The minimum Gasteiger partial charge on any atom is -0.478 e. The molecule has 0 aliphatic heterocycles. The van der Waals surface area contributed by atoms with Crippen LogP contribution in [0.2, 0.25) is 0 Å². The first-order chi connectivity index (χ1) is 13.7. The van der Waals surface area contributed by atoms with Gasteiger partial charge in [0.15, 0.2) is 0 Å². The van der Waals surface area contributed by atoms with Crippen LogP contribution >= 0.6 is 0 Å². The maximum Gasteiger partial charge on any atom is 0.337 e. The number of aliphatic hydroxyl groups excluding tert-OH is 1. The minimum absolute atomic E-state index is 0.0271. The van der Waals surface area contributed by atoms with Crippen molar-refractivity contribution in [1.29, 1.82) is 0 Å². The molecule has 0 radical (unpaired) electrons. The van der Waals surface area contributed by atoms with Crippen molar-refractivity contribution in [3.05, 3.63) is 49.6 Å². The van der Waals surface area contributed by atoms with Gasteiger partial charge in [0.25, 0.3) is 0 Å². The van der Waals surface area contributed by atoms with Crippen LogP contribution in [0.3, 0.4) is 0 Å². The van der Waals surface area contributed by atoms with E-state index in [-0.39, 0.29) is 31.4 Å². The van der Waals surface area contributed by atoms with Gasteiger partial charge in [-0.25, -0.2) is 19.2 Å². The van der Waals surface area contributed by atoms with Gasteiger partial charge in [0.05, 0.1) is 25.4 Å². The Morgan fingerprint density at radius 3 is 1.79 bits per heavy atom. The Labute approximate surface area is 171 Å². The number of rotatable bonds is 11. The molecule has 0 rings (SSSR count). The smallest absolute Gasteiger partial charge is 0.337 e. The number of carboxylic acids is 1. The monoisotopic (exact) mass is 414 g/mol. The molecule has 0 aliphatic rings. The van der Waals surface area contributed by atoms with E-state index in [1.807, 2.05) is 6.92 Å². The highest BCUT2D eigenvalue weighted by atomic mass is 16.5. The summed E-state index contributed by atoms with van der Waals surface area (Å²) in [5, 5.41) is 16.3. The number of ether oxygens (including phenoxy) is 3. The highest BCUT2D eigenvalue weighted by Crippen LogP contribution is 1.96. The summed E-state index contributed by atoms with van der Waals surface area (Å²) in [6.45, 7) is 14.1. The van der Waals surface area contributed by atoms with E-state index in [0.29, 0.717) is 6.61 Å². The molecule has 0 spiro atoms. The predicted molar refractivity (Wildman–Crippen MR) is 107 cm³/mol. The Hall–Kier alpha value is -3.20. The molecule has 9 heteroatoms. The maximum absolute atomic E-state index is 10.8. The van der Waals surface area contributed by atoms with Crippen LogP contribution in [0.4, 0.5) is 0 Å². The summed E-state index contributed by atoms with van der Waals surface area (Å²) in [7, 11) is 0. The molecule has 0 heterocycles. The first-order valence-electron chi connectivity index (χ1n) is 8.66. The fourth-order valence-electron chi connectivity index (χ4n) is 1.04. The summed E-state index contributed by atoms with van der Waals surface area (Å²) >= 11 is 0. The van der Waals surface area contributed by atoms with Crippen LogP contribution in [0.1, 0.15) is 26.7 Å². The molecule has 0 unspecified atom stereocenters. The van der Waals surface area contributed by atoms with Gasteiger partial charge in [-0.3, -0.25) is 0 Å². The number of carbonyl (C=O) groups excluding carboxylic acids is 3. The SMILES string of the molecule is C=C(C=CC(=O)O)C(=O)OCC.C=CC(=O)OCCCC.C=CC(=O)OCCO. The maximum atomic E-state index is 10.8. The van der Waals surface area contributed by atoms with Crippen molar-refractivity contribution in [2.75, 3.05) is 26.4 Å². The quantitative estimate of drug-likeness (QED) is 0.171. The van der Waals surface area contributed by atoms with Gasteiger partial charge in [0, 0.05) is 18.2 Å². The molecule has 0 aromatic rings. The van der Waals surface area contributed by atoms with E-state index in [4.69, 9.17) is 10.2 Å². The van der Waals surface area contributed by atoms with Gasteiger partial charge in [-0.2, -0.15) is 0 Å². The predicted octanol–water partition coefficient (Wildman–Crippen LogP) is 1.97. The van der Waals surface area contributed by atoms with Crippen LogP contribution in [0.15, 0.2) is 49.6 Å². The number of unbranched alkanes of at least 4 members (excludes halogenated alkanes) is 1. The third-order valence-corrected chi connectivity index (χ3v) is 2.38. The van der Waals surface area contributed by atoms with Crippen LogP contribution < -0.4 is 0 Å². The average Bonchev–Trinajstić information content (AvgIpc) is 2.71. The first kappa shape index (κ1) is 30.5. The van der Waals surface area contributed by atoms with E-state index >= 15 is 0 Å². The van der Waals surface area contributed by atoms with E-state index in [9.17, 15) is 19.2 Å². The zero-order chi connectivity index (χ0) is 23.1. The van der Waals surface area contributed by atoms with Crippen molar-refractivity contribution in [3.63, 3.8) is 0 Å². The molecule has 29 heavy (non-hydrogen) atoms. The van der Waals surface area contributed by atoms with E-state index < -0.39 is 17.9 Å². The van der Waals surface area contributed by atoms with Crippen molar-refractivity contribution in [2.24, 2.45) is 0 Å². The Morgan fingerprint density at radius 1 is 0.897 bits per heavy atom. The second kappa shape index (κ2) is 22.8. The highest BCUT2D eigenvalue weighted by Gasteiger charge is 2.03. The average molecular weight is 414 g/mol. The largest absolute Gasteiger partial charge is 0.478 e. The lowest BCUT2D eigenvalue weighted by Crippen LogP contribution is -2.05. The Bertz CT molecular complexity index is 562. The van der Waals surface area contributed by atoms with Crippen molar-refractivity contribution in [1.82, 2.24) is 0 Å². The summed E-state index contributed by atoms with van der Waals surface area (Å²) in [6.07, 6.45) is 6.13. The number of hydrogen-bond acceptors (Lipinski definition) is 8. The van der Waals surface area contributed by atoms with Gasteiger partial charge >= 0.3 is 23.9 Å². The molecule has 0 fully saturated rings. The van der Waals surface area contributed by atoms with E-state index in [2.05, 4.69) is 33.9 Å². The third-order valence-electron chi connectivity index (χ3n) is 2.38. The fourth-order valence-corrected chi connectivity index (χ4v) is 1.04. The van der Waals surface area contributed by atoms with Crippen LogP contribution in [0, 0.1) is 0 Å². The summed E-state index contributed by atoms with van der Waals surface area (Å²) in [5.41, 5.74) is 0.0271.